The van der Waals surface area contributed by atoms with Crippen molar-refractivity contribution in [1.82, 2.24) is 0 Å². The van der Waals surface area contributed by atoms with Crippen molar-refractivity contribution in [3.05, 3.63) is 28.2 Å². The van der Waals surface area contributed by atoms with Gasteiger partial charge in [-0.3, -0.25) is 4.39 Å². The first-order valence-electron chi connectivity index (χ1n) is 3.95. The molecule has 1 atom stereocenters. The zero-order valence-corrected chi connectivity index (χ0v) is 8.59. The van der Waals surface area contributed by atoms with Gasteiger partial charge >= 0.3 is 0 Å². The molecule has 0 aliphatic carbocycles. The Balaban J connectivity index is 2.91. The molecule has 0 aliphatic rings. The van der Waals surface area contributed by atoms with E-state index in [2.05, 4.69) is 15.9 Å². The van der Waals surface area contributed by atoms with E-state index < -0.39 is 12.7 Å². The van der Waals surface area contributed by atoms with Crippen molar-refractivity contribution in [3.8, 4) is 5.75 Å². The van der Waals surface area contributed by atoms with Crippen molar-refractivity contribution >= 4 is 15.9 Å². The highest BCUT2D eigenvalue weighted by molar-refractivity contribution is 9.10. The zero-order chi connectivity index (χ0) is 9.84. The molecule has 13 heavy (non-hydrogen) atoms. The van der Waals surface area contributed by atoms with Crippen molar-refractivity contribution in [2.75, 3.05) is 6.67 Å². The van der Waals surface area contributed by atoms with E-state index in [0.29, 0.717) is 5.56 Å². The number of aromatic hydroxyl groups is 1. The molecule has 2 nitrogen and oxygen atoms in total. The summed E-state index contributed by atoms with van der Waals surface area (Å²) in [6.07, 6.45) is 0.226. The van der Waals surface area contributed by atoms with Gasteiger partial charge in [-0.1, -0.05) is 15.9 Å². The SMILES string of the molecule is N[C@@H](CCF)c1cc(Br)ccc1O. The Hall–Kier alpha value is -0.610. The van der Waals surface area contributed by atoms with Crippen LogP contribution in [0.4, 0.5) is 4.39 Å². The number of alkyl halides is 1. The van der Waals surface area contributed by atoms with E-state index in [1.165, 1.54) is 6.07 Å². The summed E-state index contributed by atoms with van der Waals surface area (Å²) in [6.45, 7) is -0.479. The number of halogens is 2. The van der Waals surface area contributed by atoms with Crippen LogP contribution in [0.15, 0.2) is 22.7 Å². The molecule has 0 aromatic heterocycles. The molecular formula is C9H11BrFNO. The molecule has 0 spiro atoms. The molecule has 0 heterocycles. The van der Waals surface area contributed by atoms with Gasteiger partial charge in [-0.05, 0) is 24.6 Å². The van der Waals surface area contributed by atoms with Gasteiger partial charge < -0.3 is 10.8 Å². The van der Waals surface area contributed by atoms with E-state index in [0.717, 1.165) is 4.47 Å². The first-order chi connectivity index (χ1) is 6.15. The Kier molecular flexibility index (Phi) is 3.69. The van der Waals surface area contributed by atoms with Crippen LogP contribution in [0.5, 0.6) is 5.75 Å². The van der Waals surface area contributed by atoms with E-state index in [1.54, 1.807) is 12.1 Å². The van der Waals surface area contributed by atoms with Crippen LogP contribution in [0.2, 0.25) is 0 Å². The highest BCUT2D eigenvalue weighted by atomic mass is 79.9. The number of hydrogen-bond acceptors (Lipinski definition) is 2. The molecule has 3 N–H and O–H groups in total. The summed E-state index contributed by atoms with van der Waals surface area (Å²) in [5, 5.41) is 9.41. The van der Waals surface area contributed by atoms with Crippen LogP contribution in [-0.4, -0.2) is 11.8 Å². The van der Waals surface area contributed by atoms with Crippen LogP contribution >= 0.6 is 15.9 Å². The normalized spacial score (nSPS) is 12.8. The van der Waals surface area contributed by atoms with Crippen LogP contribution in [0.1, 0.15) is 18.0 Å². The van der Waals surface area contributed by atoms with Crippen LogP contribution in [0.25, 0.3) is 0 Å². The molecule has 4 heteroatoms. The van der Waals surface area contributed by atoms with E-state index in [-0.39, 0.29) is 12.2 Å². The van der Waals surface area contributed by atoms with Gasteiger partial charge in [0.05, 0.1) is 6.67 Å². The van der Waals surface area contributed by atoms with Crippen molar-refractivity contribution in [2.45, 2.75) is 12.5 Å². The fourth-order valence-electron chi connectivity index (χ4n) is 1.10. The summed E-state index contributed by atoms with van der Waals surface area (Å²) in [5.74, 6) is 0.115. The van der Waals surface area contributed by atoms with Crippen molar-refractivity contribution < 1.29 is 9.50 Å². The first kappa shape index (κ1) is 10.5. The summed E-state index contributed by atoms with van der Waals surface area (Å²) in [4.78, 5) is 0. The van der Waals surface area contributed by atoms with Crippen LogP contribution in [0.3, 0.4) is 0 Å². The number of benzene rings is 1. The topological polar surface area (TPSA) is 46.2 Å². The minimum atomic E-state index is -0.479. The third-order valence-electron chi connectivity index (χ3n) is 1.81. The quantitative estimate of drug-likeness (QED) is 0.863. The molecule has 0 radical (unpaired) electrons. The van der Waals surface area contributed by atoms with E-state index >= 15 is 0 Å². The van der Waals surface area contributed by atoms with Gasteiger partial charge in [0.2, 0.25) is 0 Å². The Morgan fingerprint density at radius 3 is 2.85 bits per heavy atom. The lowest BCUT2D eigenvalue weighted by Gasteiger charge is -2.11. The predicted octanol–water partition coefficient (Wildman–Crippen LogP) is 2.51. The smallest absolute Gasteiger partial charge is 0.120 e. The number of phenolic OH excluding ortho intramolecular Hbond substituents is 1. The maximum Gasteiger partial charge on any atom is 0.120 e. The molecule has 72 valence electrons. The lowest BCUT2D eigenvalue weighted by atomic mass is 10.0. The molecule has 1 aromatic rings. The van der Waals surface area contributed by atoms with Gasteiger partial charge in [0.1, 0.15) is 5.75 Å². The maximum atomic E-state index is 12.0. The van der Waals surface area contributed by atoms with Crippen molar-refractivity contribution in [1.29, 1.82) is 0 Å². The third kappa shape index (κ3) is 2.67. The third-order valence-corrected chi connectivity index (χ3v) is 2.30. The average Bonchev–Trinajstić information content (AvgIpc) is 2.09. The van der Waals surface area contributed by atoms with E-state index in [9.17, 15) is 9.50 Å². The van der Waals surface area contributed by atoms with Gasteiger partial charge in [-0.25, -0.2) is 0 Å². The Morgan fingerprint density at radius 2 is 2.23 bits per heavy atom. The lowest BCUT2D eigenvalue weighted by Crippen LogP contribution is -2.11. The minimum Gasteiger partial charge on any atom is -0.508 e. The molecular weight excluding hydrogens is 237 g/mol. The van der Waals surface area contributed by atoms with Crippen LogP contribution < -0.4 is 5.73 Å². The highest BCUT2D eigenvalue weighted by Crippen LogP contribution is 2.27. The predicted molar refractivity (Wildman–Crippen MR) is 53.3 cm³/mol. The lowest BCUT2D eigenvalue weighted by molar-refractivity contribution is 0.424. The number of rotatable bonds is 3. The second-order valence-electron chi connectivity index (χ2n) is 2.79. The first-order valence-corrected chi connectivity index (χ1v) is 4.74. The molecule has 0 saturated heterocycles. The minimum absolute atomic E-state index is 0.115. The zero-order valence-electron chi connectivity index (χ0n) is 7.00. The van der Waals surface area contributed by atoms with Gasteiger partial charge in [0.25, 0.3) is 0 Å². The second-order valence-corrected chi connectivity index (χ2v) is 3.70. The Bertz CT molecular complexity index is 293. The molecule has 0 aliphatic heterocycles. The molecule has 0 saturated carbocycles. The Labute approximate surface area is 84.7 Å². The molecule has 0 amide bonds. The van der Waals surface area contributed by atoms with Gasteiger partial charge in [-0.2, -0.15) is 0 Å². The number of nitrogens with two attached hydrogens (primary N) is 1. The number of phenols is 1. The summed E-state index contributed by atoms with van der Waals surface area (Å²) < 4.78 is 12.8. The molecule has 0 fully saturated rings. The summed E-state index contributed by atoms with van der Waals surface area (Å²) in [6, 6.07) is 4.51. The summed E-state index contributed by atoms with van der Waals surface area (Å²) in [5.41, 5.74) is 6.23. The second kappa shape index (κ2) is 4.58. The van der Waals surface area contributed by atoms with Crippen LogP contribution in [0, 0.1) is 0 Å². The van der Waals surface area contributed by atoms with E-state index in [1.807, 2.05) is 0 Å². The largest absolute Gasteiger partial charge is 0.508 e. The fraction of sp³-hybridized carbons (Fsp3) is 0.333. The summed E-state index contributed by atoms with van der Waals surface area (Å²) >= 11 is 3.26. The molecule has 0 unspecified atom stereocenters. The van der Waals surface area contributed by atoms with Gasteiger partial charge in [-0.15, -0.1) is 0 Å². The van der Waals surface area contributed by atoms with Gasteiger partial charge in [0.15, 0.2) is 0 Å². The molecule has 0 bridgehead atoms. The standard InChI is InChI=1S/C9H11BrFNO/c10-6-1-2-9(13)7(5-6)8(12)3-4-11/h1-2,5,8,13H,3-4,12H2/t8-/m0/s1. The van der Waals surface area contributed by atoms with Crippen molar-refractivity contribution in [2.24, 2.45) is 5.73 Å². The van der Waals surface area contributed by atoms with Gasteiger partial charge in [0, 0.05) is 16.1 Å². The molecule has 1 aromatic carbocycles. The van der Waals surface area contributed by atoms with Crippen molar-refractivity contribution in [3.63, 3.8) is 0 Å². The summed E-state index contributed by atoms with van der Waals surface area (Å²) in [7, 11) is 0. The maximum absolute atomic E-state index is 12.0. The van der Waals surface area contributed by atoms with Crippen LogP contribution in [-0.2, 0) is 0 Å². The molecule has 1 rings (SSSR count). The Morgan fingerprint density at radius 1 is 1.54 bits per heavy atom. The fourth-order valence-corrected chi connectivity index (χ4v) is 1.47. The number of hydrogen-bond donors (Lipinski definition) is 2. The highest BCUT2D eigenvalue weighted by Gasteiger charge is 2.10. The monoisotopic (exact) mass is 247 g/mol. The average molecular weight is 248 g/mol. The van der Waals surface area contributed by atoms with E-state index in [4.69, 9.17) is 5.73 Å².